The molecule has 0 saturated heterocycles. The number of amides is 1. The molecule has 1 amide bonds. The quantitative estimate of drug-likeness (QED) is 0.684. The monoisotopic (exact) mass is 240 g/mol. The van der Waals surface area contributed by atoms with Crippen LogP contribution in [0.1, 0.15) is 51.4 Å². The van der Waals surface area contributed by atoms with Crippen LogP contribution in [0.3, 0.4) is 0 Å². The number of nitrogens with two attached hydrogens (primary N) is 1. The van der Waals surface area contributed by atoms with Gasteiger partial charge in [-0.2, -0.15) is 0 Å². The second-order valence-corrected chi connectivity index (χ2v) is 5.91. The number of nitrogens with one attached hydrogen (secondary N) is 1. The molecule has 0 aliphatic heterocycles. The van der Waals surface area contributed by atoms with E-state index in [0.717, 1.165) is 44.9 Å². The molecule has 0 atom stereocenters. The molecule has 0 aromatic carbocycles. The zero-order valence-corrected chi connectivity index (χ0v) is 10.5. The first-order chi connectivity index (χ1) is 8.10. The maximum Gasteiger partial charge on any atom is 0.240 e. The van der Waals surface area contributed by atoms with Gasteiger partial charge in [-0.05, 0) is 32.1 Å². The average Bonchev–Trinajstić information content (AvgIpc) is 2.34. The Morgan fingerprint density at radius 1 is 1.12 bits per heavy atom. The van der Waals surface area contributed by atoms with Gasteiger partial charge in [-0.3, -0.25) is 4.79 Å². The number of hydrogen-bond donors (Lipinski definition) is 3. The lowest BCUT2D eigenvalue weighted by Gasteiger charge is -2.39. The van der Waals surface area contributed by atoms with E-state index in [0.29, 0.717) is 6.54 Å². The van der Waals surface area contributed by atoms with Crippen molar-refractivity contribution >= 4 is 5.91 Å². The number of carbonyl (C=O) groups excluding carboxylic acids is 1. The third-order valence-corrected chi connectivity index (χ3v) is 4.57. The van der Waals surface area contributed by atoms with Gasteiger partial charge in [0.25, 0.3) is 0 Å². The molecule has 2 rings (SSSR count). The van der Waals surface area contributed by atoms with E-state index in [1.807, 2.05) is 0 Å². The van der Waals surface area contributed by atoms with Crippen molar-refractivity contribution in [1.29, 1.82) is 0 Å². The third-order valence-electron chi connectivity index (χ3n) is 4.57. The summed E-state index contributed by atoms with van der Waals surface area (Å²) in [6, 6.07) is 0. The zero-order valence-electron chi connectivity index (χ0n) is 10.5. The fourth-order valence-electron chi connectivity index (χ4n) is 2.92. The lowest BCUT2D eigenvalue weighted by Crippen LogP contribution is -2.60. The Bertz CT molecular complexity index is 281. The predicted molar refractivity (Wildman–Crippen MR) is 66.4 cm³/mol. The molecule has 4 heteroatoms. The molecule has 0 aromatic heterocycles. The first-order valence-corrected chi connectivity index (χ1v) is 6.78. The lowest BCUT2D eigenvalue weighted by molar-refractivity contribution is -0.130. The highest BCUT2D eigenvalue weighted by Crippen LogP contribution is 2.36. The summed E-state index contributed by atoms with van der Waals surface area (Å²) in [5, 5.41) is 12.5. The summed E-state index contributed by atoms with van der Waals surface area (Å²) in [6.07, 6.45) is 8.23. The van der Waals surface area contributed by atoms with Gasteiger partial charge in [-0.1, -0.05) is 19.3 Å². The first-order valence-electron chi connectivity index (χ1n) is 6.78. The normalized spacial score (nSPS) is 26.0. The molecule has 4 nitrogen and oxygen atoms in total. The van der Waals surface area contributed by atoms with E-state index in [1.54, 1.807) is 0 Å². The lowest BCUT2D eigenvalue weighted by atomic mass is 9.73. The fourth-order valence-corrected chi connectivity index (χ4v) is 2.92. The van der Waals surface area contributed by atoms with Crippen LogP contribution < -0.4 is 11.1 Å². The van der Waals surface area contributed by atoms with Crippen molar-refractivity contribution in [3.05, 3.63) is 0 Å². The Morgan fingerprint density at radius 3 is 2.24 bits per heavy atom. The summed E-state index contributed by atoms with van der Waals surface area (Å²) in [7, 11) is 0. The molecule has 0 radical (unpaired) electrons. The Morgan fingerprint density at radius 2 is 1.76 bits per heavy atom. The SMILES string of the molecule is NC1(C(=O)NCC2(CO)CCCCC2)CCC1. The minimum absolute atomic E-state index is 0.0258. The summed E-state index contributed by atoms with van der Waals surface area (Å²) >= 11 is 0. The Labute approximate surface area is 103 Å². The molecule has 0 spiro atoms. The molecule has 0 heterocycles. The minimum Gasteiger partial charge on any atom is -0.396 e. The van der Waals surface area contributed by atoms with Gasteiger partial charge < -0.3 is 16.2 Å². The van der Waals surface area contributed by atoms with Gasteiger partial charge >= 0.3 is 0 Å². The Hall–Kier alpha value is -0.610. The van der Waals surface area contributed by atoms with E-state index in [2.05, 4.69) is 5.32 Å². The molecule has 0 bridgehead atoms. The smallest absolute Gasteiger partial charge is 0.240 e. The Kier molecular flexibility index (Phi) is 3.73. The minimum atomic E-state index is -0.620. The molecule has 2 aliphatic rings. The van der Waals surface area contributed by atoms with Crippen LogP contribution in [-0.2, 0) is 4.79 Å². The predicted octanol–water partition coefficient (Wildman–Crippen LogP) is 0.927. The molecule has 2 saturated carbocycles. The highest BCUT2D eigenvalue weighted by Gasteiger charge is 2.41. The van der Waals surface area contributed by atoms with E-state index in [1.165, 1.54) is 6.42 Å². The van der Waals surface area contributed by atoms with Crippen molar-refractivity contribution in [2.45, 2.75) is 56.9 Å². The van der Waals surface area contributed by atoms with Gasteiger partial charge in [-0.25, -0.2) is 0 Å². The highest BCUT2D eigenvalue weighted by atomic mass is 16.3. The van der Waals surface area contributed by atoms with Crippen molar-refractivity contribution in [3.8, 4) is 0 Å². The second-order valence-electron chi connectivity index (χ2n) is 5.91. The number of aliphatic hydroxyl groups excluding tert-OH is 1. The molecular formula is C13H24N2O2. The van der Waals surface area contributed by atoms with Crippen LogP contribution in [0.25, 0.3) is 0 Å². The highest BCUT2D eigenvalue weighted by molar-refractivity contribution is 5.87. The number of aliphatic hydroxyl groups is 1. The van der Waals surface area contributed by atoms with Crippen LogP contribution in [-0.4, -0.2) is 29.7 Å². The molecular weight excluding hydrogens is 216 g/mol. The van der Waals surface area contributed by atoms with Crippen LogP contribution in [0.2, 0.25) is 0 Å². The largest absolute Gasteiger partial charge is 0.396 e. The van der Waals surface area contributed by atoms with E-state index in [4.69, 9.17) is 5.73 Å². The van der Waals surface area contributed by atoms with Gasteiger partial charge in [0.05, 0.1) is 12.1 Å². The number of hydrogen-bond acceptors (Lipinski definition) is 3. The van der Waals surface area contributed by atoms with Crippen molar-refractivity contribution < 1.29 is 9.90 Å². The second kappa shape index (κ2) is 4.94. The molecule has 0 aromatic rings. The van der Waals surface area contributed by atoms with Crippen molar-refractivity contribution in [1.82, 2.24) is 5.32 Å². The van der Waals surface area contributed by atoms with E-state index in [9.17, 15) is 9.90 Å². The summed E-state index contributed by atoms with van der Waals surface area (Å²) in [5.41, 5.74) is 5.26. The topological polar surface area (TPSA) is 75.4 Å². The molecule has 17 heavy (non-hydrogen) atoms. The third kappa shape index (κ3) is 2.63. The van der Waals surface area contributed by atoms with Gasteiger partial charge in [0, 0.05) is 12.0 Å². The van der Waals surface area contributed by atoms with E-state index >= 15 is 0 Å². The maximum atomic E-state index is 11.9. The molecule has 4 N–H and O–H groups in total. The van der Waals surface area contributed by atoms with Gasteiger partial charge in [0.15, 0.2) is 0 Å². The van der Waals surface area contributed by atoms with Gasteiger partial charge in [-0.15, -0.1) is 0 Å². The molecule has 98 valence electrons. The summed E-state index contributed by atoms with van der Waals surface area (Å²) in [4.78, 5) is 11.9. The van der Waals surface area contributed by atoms with E-state index in [-0.39, 0.29) is 17.9 Å². The fraction of sp³-hybridized carbons (Fsp3) is 0.923. The van der Waals surface area contributed by atoms with Crippen molar-refractivity contribution in [2.24, 2.45) is 11.1 Å². The Balaban J connectivity index is 1.85. The van der Waals surface area contributed by atoms with Crippen LogP contribution in [0.15, 0.2) is 0 Å². The van der Waals surface area contributed by atoms with Crippen LogP contribution in [0, 0.1) is 5.41 Å². The summed E-state index contributed by atoms with van der Waals surface area (Å²) in [5.74, 6) is -0.0258. The molecule has 2 fully saturated rings. The van der Waals surface area contributed by atoms with Crippen molar-refractivity contribution in [2.75, 3.05) is 13.2 Å². The molecule has 0 unspecified atom stereocenters. The molecule has 2 aliphatic carbocycles. The van der Waals surface area contributed by atoms with Crippen LogP contribution in [0.5, 0.6) is 0 Å². The average molecular weight is 240 g/mol. The maximum absolute atomic E-state index is 11.9. The number of rotatable bonds is 4. The van der Waals surface area contributed by atoms with Gasteiger partial charge in [0.1, 0.15) is 0 Å². The van der Waals surface area contributed by atoms with Crippen LogP contribution >= 0.6 is 0 Å². The van der Waals surface area contributed by atoms with Gasteiger partial charge in [0.2, 0.25) is 5.91 Å². The summed E-state index contributed by atoms with van der Waals surface area (Å²) in [6.45, 7) is 0.756. The van der Waals surface area contributed by atoms with Crippen LogP contribution in [0.4, 0.5) is 0 Å². The number of carbonyl (C=O) groups is 1. The first kappa shape index (κ1) is 12.8. The standard InChI is InChI=1S/C13H24N2O2/c14-13(7-4-8-13)11(17)15-9-12(10-16)5-2-1-3-6-12/h16H,1-10,14H2,(H,15,17). The van der Waals surface area contributed by atoms with E-state index < -0.39 is 5.54 Å². The van der Waals surface area contributed by atoms with Crippen molar-refractivity contribution in [3.63, 3.8) is 0 Å². The zero-order chi connectivity index (χ0) is 12.4. The summed E-state index contributed by atoms with van der Waals surface area (Å²) < 4.78 is 0.